The number of hydrogen-bond donors (Lipinski definition) is 1. The number of imide groups is 1. The molecule has 2 aromatic rings. The van der Waals surface area contributed by atoms with Crippen LogP contribution >= 0.6 is 11.8 Å². The van der Waals surface area contributed by atoms with Gasteiger partial charge in [-0.05, 0) is 36.0 Å². The van der Waals surface area contributed by atoms with Gasteiger partial charge in [0, 0.05) is 5.56 Å². The van der Waals surface area contributed by atoms with Crippen LogP contribution in [-0.4, -0.2) is 28.8 Å². The highest BCUT2D eigenvalue weighted by Gasteiger charge is 2.36. The maximum absolute atomic E-state index is 12.6. The Morgan fingerprint density at radius 3 is 2.50 bits per heavy atom. The van der Waals surface area contributed by atoms with Crippen molar-refractivity contribution >= 4 is 40.6 Å². The predicted molar refractivity (Wildman–Crippen MR) is 99.1 cm³/mol. The second-order valence-electron chi connectivity index (χ2n) is 5.38. The average molecular weight is 369 g/mol. The summed E-state index contributed by atoms with van der Waals surface area (Å²) in [6, 6.07) is 15.7. The Morgan fingerprint density at radius 2 is 1.77 bits per heavy atom. The molecular formula is C19H15NO5S. The maximum Gasteiger partial charge on any atom is 0.306 e. The van der Waals surface area contributed by atoms with Gasteiger partial charge in [0.2, 0.25) is 0 Å². The van der Waals surface area contributed by atoms with Gasteiger partial charge >= 0.3 is 5.97 Å². The summed E-state index contributed by atoms with van der Waals surface area (Å²) in [5.74, 6) is -0.890. The number of nitrogens with zero attached hydrogens (tertiary/aromatic N) is 1. The molecule has 0 aliphatic carbocycles. The van der Waals surface area contributed by atoms with Crippen molar-refractivity contribution in [2.75, 3.05) is 11.5 Å². The summed E-state index contributed by atoms with van der Waals surface area (Å²) in [6.07, 6.45) is 1.46. The minimum Gasteiger partial charge on any atom is -0.492 e. The maximum atomic E-state index is 12.6. The number of carbonyl (C=O) groups is 3. The van der Waals surface area contributed by atoms with Gasteiger partial charge < -0.3 is 9.84 Å². The fourth-order valence-corrected chi connectivity index (χ4v) is 3.22. The zero-order valence-electron chi connectivity index (χ0n) is 13.6. The third kappa shape index (κ3) is 3.94. The van der Waals surface area contributed by atoms with E-state index in [0.29, 0.717) is 17.0 Å². The molecule has 2 aromatic carbocycles. The van der Waals surface area contributed by atoms with Crippen LogP contribution in [0.5, 0.6) is 5.75 Å². The van der Waals surface area contributed by atoms with E-state index in [1.54, 1.807) is 54.6 Å². The SMILES string of the molecule is O=C(O)CCOc1ccccc1/C=C1/SC(=O)N(c2ccccc2)C1=O. The van der Waals surface area contributed by atoms with E-state index in [1.807, 2.05) is 6.07 Å². The van der Waals surface area contributed by atoms with Gasteiger partial charge in [-0.3, -0.25) is 14.4 Å². The first-order chi connectivity index (χ1) is 12.6. The Hall–Kier alpha value is -3.06. The van der Waals surface area contributed by atoms with E-state index in [1.165, 1.54) is 0 Å². The summed E-state index contributed by atoms with van der Waals surface area (Å²) in [7, 11) is 0. The van der Waals surface area contributed by atoms with Crippen molar-refractivity contribution in [3.8, 4) is 5.75 Å². The Kier molecular flexibility index (Phi) is 5.38. The van der Waals surface area contributed by atoms with Crippen LogP contribution in [0.25, 0.3) is 6.08 Å². The van der Waals surface area contributed by atoms with Gasteiger partial charge in [-0.2, -0.15) is 0 Å². The molecule has 1 aliphatic rings. The molecule has 0 spiro atoms. The molecule has 0 bridgehead atoms. The lowest BCUT2D eigenvalue weighted by Gasteiger charge is -2.11. The lowest BCUT2D eigenvalue weighted by atomic mass is 10.2. The molecule has 1 aliphatic heterocycles. The summed E-state index contributed by atoms with van der Waals surface area (Å²) >= 11 is 0.858. The summed E-state index contributed by atoms with van der Waals surface area (Å²) in [6.45, 7) is 0.0195. The van der Waals surface area contributed by atoms with Crippen molar-refractivity contribution in [2.45, 2.75) is 6.42 Å². The molecule has 26 heavy (non-hydrogen) atoms. The van der Waals surface area contributed by atoms with Gasteiger partial charge in [-0.25, -0.2) is 4.90 Å². The van der Waals surface area contributed by atoms with Crippen LogP contribution in [0.4, 0.5) is 10.5 Å². The second kappa shape index (κ2) is 7.88. The highest BCUT2D eigenvalue weighted by molar-refractivity contribution is 8.19. The van der Waals surface area contributed by atoms with Crippen molar-refractivity contribution in [1.82, 2.24) is 0 Å². The molecule has 6 nitrogen and oxygen atoms in total. The highest BCUT2D eigenvalue weighted by atomic mass is 32.2. The monoisotopic (exact) mass is 369 g/mol. The molecule has 1 heterocycles. The van der Waals surface area contributed by atoms with Crippen molar-refractivity contribution in [1.29, 1.82) is 0 Å². The topological polar surface area (TPSA) is 83.9 Å². The Morgan fingerprint density at radius 1 is 1.08 bits per heavy atom. The van der Waals surface area contributed by atoms with Gasteiger partial charge in [0.25, 0.3) is 11.1 Å². The van der Waals surface area contributed by atoms with Gasteiger partial charge in [0.05, 0.1) is 23.6 Å². The molecular weight excluding hydrogens is 354 g/mol. The molecule has 0 saturated carbocycles. The first-order valence-electron chi connectivity index (χ1n) is 7.83. The van der Waals surface area contributed by atoms with E-state index < -0.39 is 11.9 Å². The van der Waals surface area contributed by atoms with Crippen LogP contribution in [0, 0.1) is 0 Å². The molecule has 0 aromatic heterocycles. The Balaban J connectivity index is 1.84. The number of thioether (sulfide) groups is 1. The van der Waals surface area contributed by atoms with Gasteiger partial charge in [-0.1, -0.05) is 36.4 Å². The highest BCUT2D eigenvalue weighted by Crippen LogP contribution is 2.36. The predicted octanol–water partition coefficient (Wildman–Crippen LogP) is 3.78. The van der Waals surface area contributed by atoms with Gasteiger partial charge in [-0.15, -0.1) is 0 Å². The number of carboxylic acid groups (broad SMARTS) is 1. The molecule has 1 N–H and O–H groups in total. The van der Waals surface area contributed by atoms with Crippen molar-refractivity contribution in [3.05, 3.63) is 65.1 Å². The zero-order chi connectivity index (χ0) is 18.5. The molecule has 1 saturated heterocycles. The third-order valence-corrected chi connectivity index (χ3v) is 4.46. The van der Waals surface area contributed by atoms with Gasteiger partial charge in [0.1, 0.15) is 5.75 Å². The van der Waals surface area contributed by atoms with E-state index in [9.17, 15) is 14.4 Å². The quantitative estimate of drug-likeness (QED) is 0.780. The smallest absolute Gasteiger partial charge is 0.306 e. The molecule has 7 heteroatoms. The summed E-state index contributed by atoms with van der Waals surface area (Å²) in [5.41, 5.74) is 1.13. The molecule has 1 fully saturated rings. The first kappa shape index (κ1) is 17.8. The molecule has 0 radical (unpaired) electrons. The van der Waals surface area contributed by atoms with Crippen molar-refractivity contribution in [2.24, 2.45) is 0 Å². The minimum atomic E-state index is -0.952. The lowest BCUT2D eigenvalue weighted by Crippen LogP contribution is -2.27. The second-order valence-corrected chi connectivity index (χ2v) is 6.38. The number of hydrogen-bond acceptors (Lipinski definition) is 5. The zero-order valence-corrected chi connectivity index (χ0v) is 14.4. The standard InChI is InChI=1S/C19H15NO5S/c21-17(22)10-11-25-15-9-5-4-6-13(15)12-16-18(23)20(19(24)26-16)14-7-2-1-3-8-14/h1-9,12H,10-11H2,(H,21,22)/b16-12+. The van der Waals surface area contributed by atoms with Crippen molar-refractivity contribution < 1.29 is 24.2 Å². The fraction of sp³-hybridized carbons (Fsp3) is 0.105. The number of aliphatic carboxylic acids is 1. The van der Waals surface area contributed by atoms with Crippen LogP contribution in [0.15, 0.2) is 59.5 Å². The summed E-state index contributed by atoms with van der Waals surface area (Å²) < 4.78 is 5.49. The van der Waals surface area contributed by atoms with Crippen LogP contribution in [0.3, 0.4) is 0 Å². The number of rotatable bonds is 6. The largest absolute Gasteiger partial charge is 0.492 e. The minimum absolute atomic E-state index is 0.0195. The van der Waals surface area contributed by atoms with Crippen LogP contribution in [0.2, 0.25) is 0 Å². The number of benzene rings is 2. The third-order valence-electron chi connectivity index (χ3n) is 3.59. The number of anilines is 1. The number of carboxylic acids is 1. The number of carbonyl (C=O) groups excluding carboxylic acids is 2. The van der Waals surface area contributed by atoms with Gasteiger partial charge in [0.15, 0.2) is 0 Å². The van der Waals surface area contributed by atoms with Crippen molar-refractivity contribution in [3.63, 3.8) is 0 Å². The van der Waals surface area contributed by atoms with E-state index in [-0.39, 0.29) is 23.2 Å². The van der Waals surface area contributed by atoms with Crippen LogP contribution < -0.4 is 9.64 Å². The fourth-order valence-electron chi connectivity index (χ4n) is 2.39. The number of amides is 2. The molecule has 2 amide bonds. The molecule has 0 unspecified atom stereocenters. The average Bonchev–Trinajstić information content (AvgIpc) is 2.90. The normalized spacial score (nSPS) is 15.5. The van der Waals surface area contributed by atoms with E-state index >= 15 is 0 Å². The molecule has 132 valence electrons. The summed E-state index contributed by atoms with van der Waals surface area (Å²) in [5, 5.41) is 8.34. The summed E-state index contributed by atoms with van der Waals surface area (Å²) in [4.78, 5) is 36.9. The first-order valence-corrected chi connectivity index (χ1v) is 8.64. The number of para-hydroxylation sites is 2. The molecule has 3 rings (SSSR count). The Bertz CT molecular complexity index is 879. The van der Waals surface area contributed by atoms with E-state index in [4.69, 9.17) is 9.84 Å². The number of ether oxygens (including phenoxy) is 1. The van der Waals surface area contributed by atoms with Crippen LogP contribution in [-0.2, 0) is 9.59 Å². The molecule has 0 atom stereocenters. The van der Waals surface area contributed by atoms with E-state index in [2.05, 4.69) is 0 Å². The van der Waals surface area contributed by atoms with Crippen LogP contribution in [0.1, 0.15) is 12.0 Å². The Labute approximate surface area is 154 Å². The van der Waals surface area contributed by atoms with E-state index in [0.717, 1.165) is 16.7 Å². The lowest BCUT2D eigenvalue weighted by molar-refractivity contribution is -0.137.